The molecule has 2 unspecified atom stereocenters. The largest absolute Gasteiger partial charge is 0.481 e. The molecule has 112 valence electrons. The van der Waals surface area contributed by atoms with E-state index in [0.717, 1.165) is 12.8 Å². The van der Waals surface area contributed by atoms with Crippen molar-refractivity contribution in [3.8, 4) is 0 Å². The summed E-state index contributed by atoms with van der Waals surface area (Å²) in [4.78, 5) is 36.3. The third kappa shape index (κ3) is 3.11. The van der Waals surface area contributed by atoms with Crippen LogP contribution in [0.4, 0.5) is 0 Å². The smallest absolute Gasteiger partial charge is 0.307 e. The minimum absolute atomic E-state index is 0.0964. The minimum Gasteiger partial charge on any atom is -0.481 e. The Morgan fingerprint density at radius 2 is 1.35 bits per heavy atom. The van der Waals surface area contributed by atoms with Crippen LogP contribution in [0.5, 0.6) is 0 Å². The second kappa shape index (κ2) is 6.24. The molecule has 0 bridgehead atoms. The average molecular weight is 283 g/mol. The zero-order valence-electron chi connectivity index (χ0n) is 11.5. The molecule has 0 spiro atoms. The lowest BCUT2D eigenvalue weighted by atomic mass is 9.78. The van der Waals surface area contributed by atoms with E-state index in [-0.39, 0.29) is 11.8 Å². The molecule has 20 heavy (non-hydrogen) atoms. The van der Waals surface area contributed by atoms with E-state index in [9.17, 15) is 19.5 Å². The van der Waals surface area contributed by atoms with Gasteiger partial charge < -0.3 is 15.1 Å². The lowest BCUT2D eigenvalue weighted by Crippen LogP contribution is -2.46. The van der Waals surface area contributed by atoms with Crippen molar-refractivity contribution in [2.45, 2.75) is 38.5 Å². The molecule has 1 amide bonds. The van der Waals surface area contributed by atoms with E-state index in [0.29, 0.717) is 38.8 Å². The normalized spacial score (nSPS) is 28.1. The number of nitrogens with zero attached hydrogens (tertiary/aromatic N) is 1. The van der Waals surface area contributed by atoms with Crippen LogP contribution in [0.2, 0.25) is 0 Å². The van der Waals surface area contributed by atoms with Crippen molar-refractivity contribution in [3.05, 3.63) is 0 Å². The van der Waals surface area contributed by atoms with Crippen molar-refractivity contribution in [1.82, 2.24) is 4.90 Å². The van der Waals surface area contributed by atoms with Crippen LogP contribution >= 0.6 is 0 Å². The maximum Gasteiger partial charge on any atom is 0.307 e. The number of likely N-dealkylation sites (tertiary alicyclic amines) is 1. The number of carbonyl (C=O) groups is 3. The molecular weight excluding hydrogens is 262 g/mol. The molecule has 0 radical (unpaired) electrons. The first-order valence-corrected chi connectivity index (χ1v) is 7.25. The van der Waals surface area contributed by atoms with E-state index in [1.807, 2.05) is 0 Å². The summed E-state index contributed by atoms with van der Waals surface area (Å²) in [6.45, 7) is 0.858. The summed E-state index contributed by atoms with van der Waals surface area (Å²) in [7, 11) is 0. The van der Waals surface area contributed by atoms with Gasteiger partial charge in [0, 0.05) is 13.1 Å². The quantitative estimate of drug-likeness (QED) is 0.811. The van der Waals surface area contributed by atoms with Gasteiger partial charge in [-0.25, -0.2) is 0 Å². The molecule has 1 saturated carbocycles. The molecular formula is C14H21NO5. The number of amides is 1. The third-order valence-electron chi connectivity index (χ3n) is 4.56. The van der Waals surface area contributed by atoms with Gasteiger partial charge in [-0.05, 0) is 25.7 Å². The van der Waals surface area contributed by atoms with E-state index in [2.05, 4.69) is 0 Å². The van der Waals surface area contributed by atoms with E-state index >= 15 is 0 Å². The molecule has 2 aliphatic rings. The molecule has 6 heteroatoms. The van der Waals surface area contributed by atoms with Gasteiger partial charge in [0.15, 0.2) is 0 Å². The molecule has 1 aliphatic carbocycles. The Morgan fingerprint density at radius 3 is 1.85 bits per heavy atom. The maximum absolute atomic E-state index is 12.5. The number of aliphatic carboxylic acids is 2. The highest BCUT2D eigenvalue weighted by molar-refractivity contribution is 5.85. The average Bonchev–Trinajstić information content (AvgIpc) is 2.46. The number of hydrogen-bond acceptors (Lipinski definition) is 3. The summed E-state index contributed by atoms with van der Waals surface area (Å²) >= 11 is 0. The Hall–Kier alpha value is -1.59. The van der Waals surface area contributed by atoms with Gasteiger partial charge in [0.1, 0.15) is 0 Å². The van der Waals surface area contributed by atoms with Crippen LogP contribution in [0.25, 0.3) is 0 Å². The Balaban J connectivity index is 1.97. The topological polar surface area (TPSA) is 94.9 Å². The Morgan fingerprint density at radius 1 is 0.800 bits per heavy atom. The third-order valence-corrected chi connectivity index (χ3v) is 4.56. The molecule has 2 atom stereocenters. The van der Waals surface area contributed by atoms with E-state index in [1.54, 1.807) is 4.90 Å². The van der Waals surface area contributed by atoms with Crippen molar-refractivity contribution < 1.29 is 24.6 Å². The fourth-order valence-electron chi connectivity index (χ4n) is 3.30. The van der Waals surface area contributed by atoms with Crippen LogP contribution in [-0.4, -0.2) is 46.0 Å². The highest BCUT2D eigenvalue weighted by Gasteiger charge is 2.39. The van der Waals surface area contributed by atoms with E-state index < -0.39 is 23.8 Å². The number of rotatable bonds is 3. The first kappa shape index (κ1) is 14.8. The van der Waals surface area contributed by atoms with Gasteiger partial charge in [-0.2, -0.15) is 0 Å². The zero-order chi connectivity index (χ0) is 14.7. The predicted molar refractivity (Wildman–Crippen MR) is 70.0 cm³/mol. The van der Waals surface area contributed by atoms with Crippen molar-refractivity contribution in [2.24, 2.45) is 17.8 Å². The number of carboxylic acid groups (broad SMARTS) is 2. The SMILES string of the molecule is O=C(O)C1CCN(C(=O)C2CCCCC2C(=O)O)CC1. The van der Waals surface area contributed by atoms with Crippen LogP contribution in [0.15, 0.2) is 0 Å². The van der Waals surface area contributed by atoms with Crippen LogP contribution in [-0.2, 0) is 14.4 Å². The zero-order valence-corrected chi connectivity index (χ0v) is 11.5. The second-order valence-electron chi connectivity index (χ2n) is 5.77. The molecule has 2 rings (SSSR count). The first-order chi connectivity index (χ1) is 9.50. The van der Waals surface area contributed by atoms with Crippen molar-refractivity contribution in [1.29, 1.82) is 0 Å². The summed E-state index contributed by atoms with van der Waals surface area (Å²) in [6.07, 6.45) is 3.89. The number of piperidine rings is 1. The lowest BCUT2D eigenvalue weighted by molar-refractivity contribution is -0.153. The van der Waals surface area contributed by atoms with Gasteiger partial charge in [-0.3, -0.25) is 14.4 Å². The van der Waals surface area contributed by atoms with Gasteiger partial charge >= 0.3 is 11.9 Å². The fraction of sp³-hybridized carbons (Fsp3) is 0.786. The lowest BCUT2D eigenvalue weighted by Gasteiger charge is -2.36. The molecule has 6 nitrogen and oxygen atoms in total. The van der Waals surface area contributed by atoms with Crippen LogP contribution < -0.4 is 0 Å². The van der Waals surface area contributed by atoms with Gasteiger partial charge in [-0.15, -0.1) is 0 Å². The van der Waals surface area contributed by atoms with Crippen molar-refractivity contribution >= 4 is 17.8 Å². The van der Waals surface area contributed by atoms with Crippen molar-refractivity contribution in [2.75, 3.05) is 13.1 Å². The molecule has 1 aliphatic heterocycles. The Kier molecular flexibility index (Phi) is 4.62. The summed E-state index contributed by atoms with van der Waals surface area (Å²) in [5, 5.41) is 18.2. The number of hydrogen-bond donors (Lipinski definition) is 2. The Labute approximate surface area is 117 Å². The molecule has 2 fully saturated rings. The van der Waals surface area contributed by atoms with Crippen LogP contribution in [0.3, 0.4) is 0 Å². The molecule has 2 N–H and O–H groups in total. The molecule has 1 heterocycles. The van der Waals surface area contributed by atoms with Gasteiger partial charge in [0.25, 0.3) is 0 Å². The van der Waals surface area contributed by atoms with Crippen molar-refractivity contribution in [3.63, 3.8) is 0 Å². The predicted octanol–water partition coefficient (Wildman–Crippen LogP) is 1.20. The summed E-state index contributed by atoms with van der Waals surface area (Å²) in [6, 6.07) is 0. The molecule has 0 aromatic rings. The second-order valence-corrected chi connectivity index (χ2v) is 5.77. The maximum atomic E-state index is 12.5. The Bertz CT molecular complexity index is 400. The fourth-order valence-corrected chi connectivity index (χ4v) is 3.30. The summed E-state index contributed by atoms with van der Waals surface area (Å²) < 4.78 is 0. The van der Waals surface area contributed by atoms with Crippen LogP contribution in [0.1, 0.15) is 38.5 Å². The highest BCUT2D eigenvalue weighted by Crippen LogP contribution is 2.32. The van der Waals surface area contributed by atoms with E-state index in [1.165, 1.54) is 0 Å². The minimum atomic E-state index is -0.886. The molecule has 0 aromatic carbocycles. The first-order valence-electron chi connectivity index (χ1n) is 7.25. The van der Waals surface area contributed by atoms with Crippen LogP contribution in [0, 0.1) is 17.8 Å². The standard InChI is InChI=1S/C14H21NO5/c16-12(10-3-1-2-4-11(10)14(19)20)15-7-5-9(6-8-15)13(17)18/h9-11H,1-8H2,(H,17,18)(H,19,20). The summed E-state index contributed by atoms with van der Waals surface area (Å²) in [5.74, 6) is -3.17. The highest BCUT2D eigenvalue weighted by atomic mass is 16.4. The van der Waals surface area contributed by atoms with Gasteiger partial charge in [0.2, 0.25) is 5.91 Å². The van der Waals surface area contributed by atoms with Gasteiger partial charge in [-0.1, -0.05) is 12.8 Å². The molecule has 1 saturated heterocycles. The summed E-state index contributed by atoms with van der Waals surface area (Å²) in [5.41, 5.74) is 0. The van der Waals surface area contributed by atoms with Gasteiger partial charge in [0.05, 0.1) is 17.8 Å². The number of carbonyl (C=O) groups excluding carboxylic acids is 1. The van der Waals surface area contributed by atoms with E-state index in [4.69, 9.17) is 5.11 Å². The molecule has 0 aromatic heterocycles. The number of carboxylic acids is 2. The monoisotopic (exact) mass is 283 g/mol.